The molecule has 3 fully saturated rings. The molecule has 0 N–H and O–H groups in total. The fourth-order valence-corrected chi connectivity index (χ4v) is 6.15. The molecule has 32 heavy (non-hydrogen) atoms. The van der Waals surface area contributed by atoms with E-state index in [0.717, 1.165) is 44.5 Å². The highest BCUT2D eigenvalue weighted by Gasteiger charge is 2.49. The Labute approximate surface area is 188 Å². The van der Waals surface area contributed by atoms with Gasteiger partial charge in [0.2, 0.25) is 5.91 Å². The van der Waals surface area contributed by atoms with E-state index >= 15 is 0 Å². The zero-order valence-electron chi connectivity index (χ0n) is 18.2. The van der Waals surface area contributed by atoms with Crippen molar-refractivity contribution in [2.45, 2.75) is 57.3 Å². The molecule has 3 saturated heterocycles. The SMILES string of the molecule is O=C1CCC[C@H]2[C@@H]3C[C@@H](CN(Cc4ccc(OC(F)F)cc4)C3)[C@H](Cc3ccccc3)N12. The van der Waals surface area contributed by atoms with Gasteiger partial charge in [-0.3, -0.25) is 9.69 Å². The Bertz CT molecular complexity index is 921. The monoisotopic (exact) mass is 440 g/mol. The Morgan fingerprint density at radius 3 is 2.47 bits per heavy atom. The quantitative estimate of drug-likeness (QED) is 0.651. The highest BCUT2D eigenvalue weighted by molar-refractivity contribution is 5.78. The van der Waals surface area contributed by atoms with Crippen LogP contribution in [0.15, 0.2) is 54.6 Å². The number of likely N-dealkylation sites (tertiary alicyclic amines) is 1. The van der Waals surface area contributed by atoms with Crippen LogP contribution in [0.5, 0.6) is 5.75 Å². The Kier molecular flexibility index (Phi) is 6.13. The lowest BCUT2D eigenvalue weighted by atomic mass is 9.70. The van der Waals surface area contributed by atoms with Gasteiger partial charge >= 0.3 is 6.61 Å². The van der Waals surface area contributed by atoms with Gasteiger partial charge in [-0.1, -0.05) is 42.5 Å². The summed E-state index contributed by atoms with van der Waals surface area (Å²) in [6, 6.07) is 18.1. The number of hydrogen-bond acceptors (Lipinski definition) is 3. The number of carbonyl (C=O) groups excluding carboxylic acids is 1. The minimum atomic E-state index is -2.80. The largest absolute Gasteiger partial charge is 0.435 e. The van der Waals surface area contributed by atoms with E-state index in [1.807, 2.05) is 18.2 Å². The summed E-state index contributed by atoms with van der Waals surface area (Å²) >= 11 is 0. The van der Waals surface area contributed by atoms with Crippen molar-refractivity contribution in [3.8, 4) is 5.75 Å². The summed E-state index contributed by atoms with van der Waals surface area (Å²) in [6.45, 7) is -0.0660. The third kappa shape index (κ3) is 4.51. The van der Waals surface area contributed by atoms with Gasteiger partial charge in [0.05, 0.1) is 0 Å². The number of halogens is 2. The first kappa shape index (κ1) is 21.4. The molecular weight excluding hydrogens is 410 g/mol. The van der Waals surface area contributed by atoms with Gasteiger partial charge in [-0.05, 0) is 60.8 Å². The van der Waals surface area contributed by atoms with Gasteiger partial charge in [-0.15, -0.1) is 0 Å². The van der Waals surface area contributed by atoms with Crippen molar-refractivity contribution in [3.63, 3.8) is 0 Å². The average molecular weight is 441 g/mol. The van der Waals surface area contributed by atoms with Crippen LogP contribution in [0.1, 0.15) is 36.8 Å². The number of ether oxygens (including phenoxy) is 1. The average Bonchev–Trinajstić information content (AvgIpc) is 2.78. The van der Waals surface area contributed by atoms with Crippen molar-refractivity contribution in [1.82, 2.24) is 9.80 Å². The Morgan fingerprint density at radius 1 is 0.969 bits per heavy atom. The predicted octanol–water partition coefficient (Wildman–Crippen LogP) is 4.73. The summed E-state index contributed by atoms with van der Waals surface area (Å²) in [4.78, 5) is 17.8. The number of carbonyl (C=O) groups is 1. The van der Waals surface area contributed by atoms with E-state index in [1.54, 1.807) is 12.1 Å². The van der Waals surface area contributed by atoms with Crippen LogP contribution in [0.4, 0.5) is 8.78 Å². The second-order valence-electron chi connectivity index (χ2n) is 9.49. The number of rotatable bonds is 6. The topological polar surface area (TPSA) is 32.8 Å². The number of benzene rings is 2. The lowest BCUT2D eigenvalue weighted by Crippen LogP contribution is -2.65. The highest BCUT2D eigenvalue weighted by Crippen LogP contribution is 2.42. The molecule has 2 bridgehead atoms. The molecule has 0 spiro atoms. The Morgan fingerprint density at radius 2 is 1.72 bits per heavy atom. The van der Waals surface area contributed by atoms with Crippen molar-refractivity contribution >= 4 is 5.91 Å². The maximum atomic E-state index is 13.0. The van der Waals surface area contributed by atoms with E-state index in [0.29, 0.717) is 30.2 Å². The number of nitrogens with zero attached hydrogens (tertiary/aromatic N) is 2. The first-order chi connectivity index (χ1) is 15.6. The summed E-state index contributed by atoms with van der Waals surface area (Å²) in [6.07, 6.45) is 4.86. The minimum Gasteiger partial charge on any atom is -0.435 e. The van der Waals surface area contributed by atoms with E-state index in [9.17, 15) is 13.6 Å². The summed E-state index contributed by atoms with van der Waals surface area (Å²) in [5.41, 5.74) is 2.39. The second kappa shape index (κ2) is 9.18. The molecule has 2 aromatic rings. The molecular formula is C26H30F2N2O2. The zero-order chi connectivity index (χ0) is 22.1. The molecule has 1 amide bonds. The summed E-state index contributed by atoms with van der Waals surface area (Å²) in [7, 11) is 0. The zero-order valence-corrected chi connectivity index (χ0v) is 18.2. The molecule has 4 atom stereocenters. The van der Waals surface area contributed by atoms with E-state index in [4.69, 9.17) is 0 Å². The van der Waals surface area contributed by atoms with Crippen molar-refractivity contribution in [2.75, 3.05) is 13.1 Å². The summed E-state index contributed by atoms with van der Waals surface area (Å²) < 4.78 is 29.3. The number of alkyl halides is 2. The van der Waals surface area contributed by atoms with Gasteiger partial charge in [-0.2, -0.15) is 8.78 Å². The third-order valence-corrected chi connectivity index (χ3v) is 7.41. The van der Waals surface area contributed by atoms with Crippen LogP contribution in [0.2, 0.25) is 0 Å². The lowest BCUT2D eigenvalue weighted by molar-refractivity contribution is -0.152. The van der Waals surface area contributed by atoms with Crippen molar-refractivity contribution in [2.24, 2.45) is 11.8 Å². The van der Waals surface area contributed by atoms with Crippen molar-refractivity contribution < 1.29 is 18.3 Å². The van der Waals surface area contributed by atoms with Gasteiger partial charge in [-0.25, -0.2) is 0 Å². The highest BCUT2D eigenvalue weighted by atomic mass is 19.3. The Balaban J connectivity index is 1.33. The standard InChI is InChI=1S/C26H30F2N2O2/c27-26(28)32-22-11-9-19(10-12-22)15-29-16-20-14-21(17-29)24(13-18-5-2-1-3-6-18)30-23(20)7-4-8-25(30)31/h1-3,5-6,9-12,20-21,23-24,26H,4,7-8,13-17H2/t20-,21+,23+,24+/m1/s1. The fraction of sp³-hybridized carbons (Fsp3) is 0.500. The first-order valence-electron chi connectivity index (χ1n) is 11.7. The molecule has 3 heterocycles. The molecule has 0 saturated carbocycles. The molecule has 0 aliphatic carbocycles. The van der Waals surface area contributed by atoms with Gasteiger partial charge < -0.3 is 9.64 Å². The number of amides is 1. The van der Waals surface area contributed by atoms with Crippen LogP contribution >= 0.6 is 0 Å². The number of fused-ring (bicyclic) bond motifs is 4. The molecule has 4 nitrogen and oxygen atoms in total. The van der Waals surface area contributed by atoms with Gasteiger partial charge in [0.15, 0.2) is 0 Å². The van der Waals surface area contributed by atoms with Crippen molar-refractivity contribution in [3.05, 3.63) is 65.7 Å². The maximum Gasteiger partial charge on any atom is 0.387 e. The summed E-state index contributed by atoms with van der Waals surface area (Å²) in [5, 5.41) is 0. The third-order valence-electron chi connectivity index (χ3n) is 7.41. The van der Waals surface area contributed by atoms with E-state index in [1.165, 1.54) is 12.0 Å². The van der Waals surface area contributed by atoms with Crippen LogP contribution in [0, 0.1) is 11.8 Å². The number of hydrogen-bond donors (Lipinski definition) is 0. The van der Waals surface area contributed by atoms with E-state index in [2.05, 4.69) is 38.8 Å². The predicted molar refractivity (Wildman–Crippen MR) is 118 cm³/mol. The summed E-state index contributed by atoms with van der Waals surface area (Å²) in [5.74, 6) is 1.48. The molecule has 0 unspecified atom stereocenters. The number of piperidine rings is 3. The molecule has 0 radical (unpaired) electrons. The van der Waals surface area contributed by atoms with Crippen LogP contribution in [-0.2, 0) is 17.8 Å². The lowest BCUT2D eigenvalue weighted by Gasteiger charge is -2.57. The van der Waals surface area contributed by atoms with Crippen LogP contribution in [-0.4, -0.2) is 47.5 Å². The molecule has 2 aromatic carbocycles. The maximum absolute atomic E-state index is 13.0. The van der Waals surface area contributed by atoms with Crippen LogP contribution in [0.3, 0.4) is 0 Å². The molecule has 6 heteroatoms. The Hall–Kier alpha value is -2.47. The molecule has 0 aromatic heterocycles. The van der Waals surface area contributed by atoms with Crippen LogP contribution < -0.4 is 4.74 Å². The van der Waals surface area contributed by atoms with E-state index in [-0.39, 0.29) is 11.8 Å². The van der Waals surface area contributed by atoms with Gasteiger partial charge in [0, 0.05) is 38.1 Å². The molecule has 170 valence electrons. The normalized spacial score (nSPS) is 28.0. The first-order valence-corrected chi connectivity index (χ1v) is 11.7. The molecule has 3 aliphatic rings. The van der Waals surface area contributed by atoms with Gasteiger partial charge in [0.25, 0.3) is 0 Å². The fourth-order valence-electron chi connectivity index (χ4n) is 6.15. The van der Waals surface area contributed by atoms with Crippen molar-refractivity contribution in [1.29, 1.82) is 0 Å². The van der Waals surface area contributed by atoms with Gasteiger partial charge in [0.1, 0.15) is 5.75 Å². The van der Waals surface area contributed by atoms with E-state index < -0.39 is 6.61 Å². The van der Waals surface area contributed by atoms with Crippen LogP contribution in [0.25, 0.3) is 0 Å². The molecule has 5 rings (SSSR count). The second-order valence-corrected chi connectivity index (χ2v) is 9.49. The smallest absolute Gasteiger partial charge is 0.387 e. The minimum absolute atomic E-state index is 0.193. The molecule has 3 aliphatic heterocycles.